The van der Waals surface area contributed by atoms with Crippen molar-refractivity contribution in [2.75, 3.05) is 6.54 Å². The van der Waals surface area contributed by atoms with E-state index in [9.17, 15) is 15.0 Å². The lowest BCUT2D eigenvalue weighted by Gasteiger charge is -2.28. The van der Waals surface area contributed by atoms with Gasteiger partial charge in [-0.2, -0.15) is 0 Å². The van der Waals surface area contributed by atoms with E-state index in [4.69, 9.17) is 0 Å². The van der Waals surface area contributed by atoms with Gasteiger partial charge >= 0.3 is 0 Å². The highest BCUT2D eigenvalue weighted by Gasteiger charge is 2.28. The fourth-order valence-corrected chi connectivity index (χ4v) is 1.80. The van der Waals surface area contributed by atoms with Gasteiger partial charge in [0.25, 0.3) is 0 Å². The lowest BCUT2D eigenvalue weighted by atomic mass is 9.84. The first-order chi connectivity index (χ1) is 8.55. The molecule has 0 radical (unpaired) electrons. The van der Waals surface area contributed by atoms with Crippen LogP contribution in [0.5, 0.6) is 0 Å². The van der Waals surface area contributed by atoms with Gasteiger partial charge in [-0.3, -0.25) is 4.79 Å². The van der Waals surface area contributed by atoms with E-state index in [1.54, 1.807) is 6.92 Å². The standard InChI is InChI=1S/C15H31NO3/c1-10(2)9-16-14(19)12(11(3)17)7-8-13(18)15(4,5)6/h10-13,17-18H,7-9H2,1-6H3,(H,16,19)/t11-,12-,13+/m0/s1. The Balaban J connectivity index is 4.38. The van der Waals surface area contributed by atoms with Gasteiger partial charge in [-0.05, 0) is 31.1 Å². The molecule has 3 N–H and O–H groups in total. The second-order valence-corrected chi connectivity index (χ2v) is 6.95. The Bertz CT molecular complexity index is 269. The third kappa shape index (κ3) is 7.53. The van der Waals surface area contributed by atoms with Crippen molar-refractivity contribution >= 4 is 5.91 Å². The van der Waals surface area contributed by atoms with Crippen LogP contribution in [0.1, 0.15) is 54.4 Å². The Morgan fingerprint density at radius 2 is 1.63 bits per heavy atom. The van der Waals surface area contributed by atoms with Gasteiger partial charge in [0.2, 0.25) is 5.91 Å². The predicted molar refractivity (Wildman–Crippen MR) is 77.7 cm³/mol. The molecule has 0 aliphatic heterocycles. The Hall–Kier alpha value is -0.610. The molecule has 0 unspecified atom stereocenters. The molecule has 1 amide bonds. The molecule has 0 spiro atoms. The van der Waals surface area contributed by atoms with Crippen molar-refractivity contribution in [3.05, 3.63) is 0 Å². The molecular weight excluding hydrogens is 242 g/mol. The minimum atomic E-state index is -0.695. The van der Waals surface area contributed by atoms with Crippen LogP contribution >= 0.6 is 0 Å². The van der Waals surface area contributed by atoms with Crippen molar-refractivity contribution in [3.8, 4) is 0 Å². The van der Waals surface area contributed by atoms with E-state index in [1.165, 1.54) is 0 Å². The maximum absolute atomic E-state index is 12.0. The molecule has 0 heterocycles. The molecule has 0 aromatic rings. The number of hydrogen-bond acceptors (Lipinski definition) is 3. The van der Waals surface area contributed by atoms with Gasteiger partial charge in [0.05, 0.1) is 18.1 Å². The first-order valence-electron chi connectivity index (χ1n) is 7.19. The van der Waals surface area contributed by atoms with Crippen LogP contribution in [0.2, 0.25) is 0 Å². The van der Waals surface area contributed by atoms with Crippen LogP contribution in [0.15, 0.2) is 0 Å². The summed E-state index contributed by atoms with van der Waals surface area (Å²) in [6.45, 7) is 12.2. The van der Waals surface area contributed by atoms with Gasteiger partial charge in [-0.1, -0.05) is 34.6 Å². The minimum absolute atomic E-state index is 0.121. The molecule has 0 bridgehead atoms. The van der Waals surface area contributed by atoms with Crippen LogP contribution in [0.3, 0.4) is 0 Å². The highest BCUT2D eigenvalue weighted by molar-refractivity contribution is 5.79. The molecule has 0 rings (SSSR count). The van der Waals surface area contributed by atoms with Gasteiger partial charge in [0.1, 0.15) is 0 Å². The van der Waals surface area contributed by atoms with E-state index >= 15 is 0 Å². The lowest BCUT2D eigenvalue weighted by Crippen LogP contribution is -2.39. The summed E-state index contributed by atoms with van der Waals surface area (Å²) >= 11 is 0. The molecule has 114 valence electrons. The maximum atomic E-state index is 12.0. The SMILES string of the molecule is CC(C)CNC(=O)[C@@H](CC[C@@H](O)C(C)(C)C)[C@H](C)O. The van der Waals surface area contributed by atoms with Gasteiger partial charge < -0.3 is 15.5 Å². The zero-order valence-electron chi connectivity index (χ0n) is 13.2. The summed E-state index contributed by atoms with van der Waals surface area (Å²) in [7, 11) is 0. The van der Waals surface area contributed by atoms with Crippen LogP contribution < -0.4 is 5.32 Å². The zero-order chi connectivity index (χ0) is 15.2. The van der Waals surface area contributed by atoms with Crippen molar-refractivity contribution in [1.82, 2.24) is 5.32 Å². The number of aliphatic hydroxyl groups is 2. The predicted octanol–water partition coefficient (Wildman–Crippen LogP) is 1.94. The van der Waals surface area contributed by atoms with E-state index in [0.717, 1.165) is 0 Å². The number of aliphatic hydroxyl groups excluding tert-OH is 2. The topological polar surface area (TPSA) is 69.6 Å². The van der Waals surface area contributed by atoms with E-state index in [-0.39, 0.29) is 11.3 Å². The number of amides is 1. The summed E-state index contributed by atoms with van der Waals surface area (Å²) in [5, 5.41) is 22.6. The monoisotopic (exact) mass is 273 g/mol. The highest BCUT2D eigenvalue weighted by atomic mass is 16.3. The molecule has 0 aliphatic carbocycles. The summed E-state index contributed by atoms with van der Waals surface area (Å²) in [4.78, 5) is 12.0. The first-order valence-corrected chi connectivity index (χ1v) is 7.19. The number of carbonyl (C=O) groups excluding carboxylic acids is 1. The Labute approximate surface area is 117 Å². The largest absolute Gasteiger partial charge is 0.393 e. The van der Waals surface area contributed by atoms with Gasteiger partial charge in [0.15, 0.2) is 0 Å². The molecule has 0 saturated carbocycles. The molecule has 3 atom stereocenters. The fraction of sp³-hybridized carbons (Fsp3) is 0.933. The number of nitrogens with one attached hydrogen (secondary N) is 1. The van der Waals surface area contributed by atoms with E-state index < -0.39 is 18.1 Å². The number of hydrogen-bond donors (Lipinski definition) is 3. The fourth-order valence-electron chi connectivity index (χ4n) is 1.80. The average molecular weight is 273 g/mol. The minimum Gasteiger partial charge on any atom is -0.393 e. The van der Waals surface area contributed by atoms with Crippen molar-refractivity contribution in [2.24, 2.45) is 17.3 Å². The maximum Gasteiger partial charge on any atom is 0.225 e. The molecule has 19 heavy (non-hydrogen) atoms. The third-order valence-corrected chi connectivity index (χ3v) is 3.35. The van der Waals surface area contributed by atoms with Crippen molar-refractivity contribution in [3.63, 3.8) is 0 Å². The van der Waals surface area contributed by atoms with Gasteiger partial charge in [0, 0.05) is 6.54 Å². The van der Waals surface area contributed by atoms with E-state index in [2.05, 4.69) is 5.32 Å². The molecule has 0 aromatic heterocycles. The zero-order valence-corrected chi connectivity index (χ0v) is 13.2. The Kier molecular flexibility index (Phi) is 7.60. The smallest absolute Gasteiger partial charge is 0.225 e. The summed E-state index contributed by atoms with van der Waals surface area (Å²) in [5.41, 5.74) is -0.197. The highest BCUT2D eigenvalue weighted by Crippen LogP contribution is 2.25. The second-order valence-electron chi connectivity index (χ2n) is 6.95. The molecule has 0 fully saturated rings. The first kappa shape index (κ1) is 18.4. The molecular formula is C15H31NO3. The third-order valence-electron chi connectivity index (χ3n) is 3.35. The summed E-state index contributed by atoms with van der Waals surface area (Å²) in [5.74, 6) is -0.181. The summed E-state index contributed by atoms with van der Waals surface area (Å²) in [6, 6.07) is 0. The molecule has 0 saturated heterocycles. The average Bonchev–Trinajstić information content (AvgIpc) is 2.24. The van der Waals surface area contributed by atoms with Crippen LogP contribution in [0.4, 0.5) is 0 Å². The molecule has 4 nitrogen and oxygen atoms in total. The van der Waals surface area contributed by atoms with Crippen LogP contribution in [0.25, 0.3) is 0 Å². The van der Waals surface area contributed by atoms with Crippen LogP contribution in [0, 0.1) is 17.3 Å². The van der Waals surface area contributed by atoms with Crippen molar-refractivity contribution in [1.29, 1.82) is 0 Å². The summed E-state index contributed by atoms with van der Waals surface area (Å²) < 4.78 is 0. The molecule has 4 heteroatoms. The Morgan fingerprint density at radius 1 is 1.11 bits per heavy atom. The number of rotatable bonds is 7. The summed E-state index contributed by atoms with van der Waals surface area (Å²) in [6.07, 6.45) is -0.139. The van der Waals surface area contributed by atoms with Gasteiger partial charge in [-0.15, -0.1) is 0 Å². The normalized spacial score (nSPS) is 17.1. The van der Waals surface area contributed by atoms with Crippen LogP contribution in [-0.4, -0.2) is 34.9 Å². The Morgan fingerprint density at radius 3 is 2.00 bits per heavy atom. The van der Waals surface area contributed by atoms with E-state index in [0.29, 0.717) is 25.3 Å². The number of carbonyl (C=O) groups is 1. The molecule has 0 aromatic carbocycles. The van der Waals surface area contributed by atoms with Crippen LogP contribution in [-0.2, 0) is 4.79 Å². The van der Waals surface area contributed by atoms with E-state index in [1.807, 2.05) is 34.6 Å². The van der Waals surface area contributed by atoms with Crippen molar-refractivity contribution in [2.45, 2.75) is 66.6 Å². The molecule has 0 aliphatic rings. The van der Waals surface area contributed by atoms with Gasteiger partial charge in [-0.25, -0.2) is 0 Å². The quantitative estimate of drug-likeness (QED) is 0.664. The second kappa shape index (κ2) is 7.85. The van der Waals surface area contributed by atoms with Crippen molar-refractivity contribution < 1.29 is 15.0 Å². The lowest BCUT2D eigenvalue weighted by molar-refractivity contribution is -0.129.